The fourth-order valence-corrected chi connectivity index (χ4v) is 2.61. The van der Waals surface area contributed by atoms with Gasteiger partial charge in [-0.25, -0.2) is 4.98 Å². The van der Waals surface area contributed by atoms with E-state index in [4.69, 9.17) is 10.5 Å². The van der Waals surface area contributed by atoms with Crippen molar-refractivity contribution in [3.63, 3.8) is 0 Å². The van der Waals surface area contributed by atoms with Crippen molar-refractivity contribution in [1.29, 1.82) is 0 Å². The van der Waals surface area contributed by atoms with E-state index < -0.39 is 0 Å². The Morgan fingerprint density at radius 3 is 3.06 bits per heavy atom. The first kappa shape index (κ1) is 12.1. The minimum absolute atomic E-state index is 0.0170. The second-order valence-electron chi connectivity index (χ2n) is 3.83. The molecule has 2 N–H and O–H groups in total. The van der Waals surface area contributed by atoms with Gasteiger partial charge in [-0.15, -0.1) is 11.3 Å². The zero-order chi connectivity index (χ0) is 12.3. The fraction of sp³-hybridized carbons (Fsp3) is 0.417. The summed E-state index contributed by atoms with van der Waals surface area (Å²) in [5.74, 6) is 1.91. The van der Waals surface area contributed by atoms with Gasteiger partial charge in [0.05, 0.1) is 7.11 Å². The molecule has 0 aliphatic rings. The molecule has 0 bridgehead atoms. The molecule has 2 heterocycles. The highest BCUT2D eigenvalue weighted by molar-refractivity contribution is 7.10. The van der Waals surface area contributed by atoms with Gasteiger partial charge in [-0.1, -0.05) is 0 Å². The van der Waals surface area contributed by atoms with Gasteiger partial charge in [0.25, 0.3) is 0 Å². The first-order chi connectivity index (χ1) is 8.24. The average molecular weight is 251 g/mol. The van der Waals surface area contributed by atoms with Gasteiger partial charge in [0.15, 0.2) is 0 Å². The number of ether oxygens (including phenoxy) is 1. The number of thiophene rings is 1. The van der Waals surface area contributed by atoms with E-state index in [1.807, 2.05) is 23.8 Å². The van der Waals surface area contributed by atoms with Crippen LogP contribution in [0.2, 0.25) is 0 Å². The van der Waals surface area contributed by atoms with E-state index >= 15 is 0 Å². The summed E-state index contributed by atoms with van der Waals surface area (Å²) in [6.07, 6.45) is 4.56. The van der Waals surface area contributed by atoms with Crippen LogP contribution in [0.5, 0.6) is 5.75 Å². The van der Waals surface area contributed by atoms with E-state index in [0.717, 1.165) is 29.4 Å². The Kier molecular flexibility index (Phi) is 3.81. The van der Waals surface area contributed by atoms with Crippen LogP contribution in [-0.4, -0.2) is 16.7 Å². The van der Waals surface area contributed by atoms with Crippen molar-refractivity contribution >= 4 is 11.3 Å². The topological polar surface area (TPSA) is 53.1 Å². The number of nitrogens with two attached hydrogens (primary N) is 1. The molecule has 0 aliphatic carbocycles. The first-order valence-electron chi connectivity index (χ1n) is 5.62. The Bertz CT molecular complexity index is 478. The zero-order valence-corrected chi connectivity index (χ0v) is 10.9. The number of rotatable bonds is 5. The molecule has 0 aromatic carbocycles. The Morgan fingerprint density at radius 2 is 2.41 bits per heavy atom. The monoisotopic (exact) mass is 251 g/mol. The van der Waals surface area contributed by atoms with Crippen LogP contribution in [0.1, 0.15) is 23.7 Å². The fourth-order valence-electron chi connectivity index (χ4n) is 1.75. The molecule has 1 atom stereocenters. The van der Waals surface area contributed by atoms with Crippen molar-refractivity contribution in [3.8, 4) is 5.75 Å². The second kappa shape index (κ2) is 5.33. The summed E-state index contributed by atoms with van der Waals surface area (Å²) >= 11 is 1.63. The quantitative estimate of drug-likeness (QED) is 0.886. The molecule has 0 radical (unpaired) electrons. The number of methoxy groups -OCH3 is 1. The van der Waals surface area contributed by atoms with Gasteiger partial charge in [0.2, 0.25) is 0 Å². The number of imidazole rings is 1. The largest absolute Gasteiger partial charge is 0.496 e. The van der Waals surface area contributed by atoms with Gasteiger partial charge in [-0.2, -0.15) is 0 Å². The van der Waals surface area contributed by atoms with Crippen molar-refractivity contribution in [2.75, 3.05) is 7.11 Å². The molecule has 17 heavy (non-hydrogen) atoms. The molecule has 2 rings (SSSR count). The van der Waals surface area contributed by atoms with Crippen LogP contribution in [0.4, 0.5) is 0 Å². The molecule has 4 nitrogen and oxygen atoms in total. The lowest BCUT2D eigenvalue weighted by atomic mass is 10.2. The van der Waals surface area contributed by atoms with E-state index in [0.29, 0.717) is 0 Å². The maximum atomic E-state index is 6.18. The van der Waals surface area contributed by atoms with Crippen LogP contribution in [0.3, 0.4) is 0 Å². The third-order valence-corrected chi connectivity index (χ3v) is 3.78. The van der Waals surface area contributed by atoms with Gasteiger partial charge in [-0.05, 0) is 13.0 Å². The minimum Gasteiger partial charge on any atom is -0.496 e. The lowest BCUT2D eigenvalue weighted by molar-refractivity contribution is 0.416. The summed E-state index contributed by atoms with van der Waals surface area (Å²) in [4.78, 5) is 5.47. The molecule has 5 heteroatoms. The normalized spacial score (nSPS) is 12.6. The van der Waals surface area contributed by atoms with Gasteiger partial charge in [0, 0.05) is 41.7 Å². The summed E-state index contributed by atoms with van der Waals surface area (Å²) in [5, 5.41) is 1.97. The van der Waals surface area contributed by atoms with Crippen LogP contribution < -0.4 is 10.5 Å². The highest BCUT2D eigenvalue weighted by Gasteiger charge is 2.13. The molecule has 92 valence electrons. The zero-order valence-electron chi connectivity index (χ0n) is 10.1. The Hall–Kier alpha value is -1.33. The maximum Gasteiger partial charge on any atom is 0.129 e. The van der Waals surface area contributed by atoms with Crippen molar-refractivity contribution in [2.45, 2.75) is 25.9 Å². The van der Waals surface area contributed by atoms with E-state index in [9.17, 15) is 0 Å². The lowest BCUT2D eigenvalue weighted by Crippen LogP contribution is -2.15. The summed E-state index contributed by atoms with van der Waals surface area (Å²) in [5.41, 5.74) is 6.18. The molecule has 0 amide bonds. The molecule has 0 saturated heterocycles. The number of hydrogen-bond acceptors (Lipinski definition) is 4. The summed E-state index contributed by atoms with van der Waals surface area (Å²) in [6.45, 7) is 3.03. The van der Waals surface area contributed by atoms with E-state index in [-0.39, 0.29) is 6.04 Å². The van der Waals surface area contributed by atoms with E-state index in [2.05, 4.69) is 16.5 Å². The van der Waals surface area contributed by atoms with Gasteiger partial charge >= 0.3 is 0 Å². The van der Waals surface area contributed by atoms with Gasteiger partial charge in [0.1, 0.15) is 11.6 Å². The van der Waals surface area contributed by atoms with Crippen molar-refractivity contribution < 1.29 is 4.74 Å². The number of aryl methyl sites for hydroxylation is 1. The van der Waals surface area contributed by atoms with Crippen LogP contribution in [0.25, 0.3) is 0 Å². The molecule has 1 unspecified atom stereocenters. The molecule has 2 aromatic heterocycles. The van der Waals surface area contributed by atoms with Crippen molar-refractivity contribution in [1.82, 2.24) is 9.55 Å². The van der Waals surface area contributed by atoms with Gasteiger partial charge in [-0.3, -0.25) is 0 Å². The van der Waals surface area contributed by atoms with Crippen LogP contribution >= 0.6 is 11.3 Å². The third kappa shape index (κ3) is 2.68. The van der Waals surface area contributed by atoms with E-state index in [1.165, 1.54) is 0 Å². The van der Waals surface area contributed by atoms with Crippen molar-refractivity contribution in [3.05, 3.63) is 34.5 Å². The van der Waals surface area contributed by atoms with Crippen LogP contribution in [0, 0.1) is 0 Å². The molecule has 0 aliphatic heterocycles. The molecule has 0 fully saturated rings. The first-order valence-corrected chi connectivity index (χ1v) is 6.50. The summed E-state index contributed by atoms with van der Waals surface area (Å²) in [6, 6.07) is 1.98. The smallest absolute Gasteiger partial charge is 0.129 e. The third-order valence-electron chi connectivity index (χ3n) is 2.74. The molecular formula is C12H17N3OS. The molecule has 0 spiro atoms. The van der Waals surface area contributed by atoms with Gasteiger partial charge < -0.3 is 15.0 Å². The molecule has 2 aromatic rings. The van der Waals surface area contributed by atoms with Crippen molar-refractivity contribution in [2.24, 2.45) is 5.73 Å². The number of nitrogens with zero attached hydrogens (tertiary/aromatic N) is 2. The number of hydrogen-bond donors (Lipinski definition) is 1. The molecular weight excluding hydrogens is 234 g/mol. The predicted molar refractivity (Wildman–Crippen MR) is 69.4 cm³/mol. The maximum absolute atomic E-state index is 6.18. The lowest BCUT2D eigenvalue weighted by Gasteiger charge is -2.10. The highest BCUT2D eigenvalue weighted by atomic mass is 32.1. The minimum atomic E-state index is -0.0170. The Morgan fingerprint density at radius 1 is 1.59 bits per heavy atom. The highest BCUT2D eigenvalue weighted by Crippen LogP contribution is 2.27. The molecule has 0 saturated carbocycles. The van der Waals surface area contributed by atoms with Crippen LogP contribution in [-0.2, 0) is 13.0 Å². The standard InChI is InChI=1S/C12H17N3OS/c1-3-15-5-4-14-12(15)7-10(13)11-6-9(16-2)8-17-11/h4-6,8,10H,3,7,13H2,1-2H3. The summed E-state index contributed by atoms with van der Waals surface area (Å²) in [7, 11) is 1.67. The summed E-state index contributed by atoms with van der Waals surface area (Å²) < 4.78 is 7.27. The Balaban J connectivity index is 2.08. The Labute approximate surface area is 105 Å². The number of aromatic nitrogens is 2. The van der Waals surface area contributed by atoms with E-state index in [1.54, 1.807) is 18.4 Å². The average Bonchev–Trinajstić information content (AvgIpc) is 2.96. The predicted octanol–water partition coefficient (Wildman–Crippen LogP) is 2.22. The second-order valence-corrected chi connectivity index (χ2v) is 4.77. The van der Waals surface area contributed by atoms with Crippen LogP contribution in [0.15, 0.2) is 23.8 Å². The SMILES string of the molecule is CCn1ccnc1CC(N)c1cc(OC)cs1.